The summed E-state index contributed by atoms with van der Waals surface area (Å²) in [6, 6.07) is 7.82. The Morgan fingerprint density at radius 2 is 1.77 bits per heavy atom. The van der Waals surface area contributed by atoms with Crippen LogP contribution >= 0.6 is 0 Å². The SMILES string of the molecule is CCOC(=O)C1CCN(CN2C(=O)C3(O[C@@H]4CCCC[C@H]4O3)c3ccccc32)CC1. The van der Waals surface area contributed by atoms with E-state index < -0.39 is 5.79 Å². The van der Waals surface area contributed by atoms with Gasteiger partial charge >= 0.3 is 5.97 Å². The smallest absolute Gasteiger partial charge is 0.309 e. The van der Waals surface area contributed by atoms with Gasteiger partial charge in [-0.25, -0.2) is 0 Å². The summed E-state index contributed by atoms with van der Waals surface area (Å²) in [7, 11) is 0. The number of carbonyl (C=O) groups excluding carboxylic acids is 2. The molecule has 0 unspecified atom stereocenters. The Kier molecular flexibility index (Phi) is 5.29. The number of benzene rings is 1. The van der Waals surface area contributed by atoms with Crippen LogP contribution in [0, 0.1) is 5.92 Å². The molecule has 0 N–H and O–H groups in total. The highest BCUT2D eigenvalue weighted by Gasteiger charge is 2.61. The van der Waals surface area contributed by atoms with Crippen LogP contribution in [-0.2, 0) is 29.6 Å². The van der Waals surface area contributed by atoms with Gasteiger partial charge in [0.2, 0.25) is 0 Å². The molecule has 1 amide bonds. The maximum atomic E-state index is 13.6. The molecule has 7 nitrogen and oxygen atoms in total. The van der Waals surface area contributed by atoms with E-state index in [1.807, 2.05) is 31.2 Å². The normalized spacial score (nSPS) is 28.6. The van der Waals surface area contributed by atoms with Gasteiger partial charge in [0, 0.05) is 18.7 Å². The number of fused-ring (bicyclic) bond motifs is 3. The Balaban J connectivity index is 1.32. The summed E-state index contributed by atoms with van der Waals surface area (Å²) in [5, 5.41) is 0. The average molecular weight is 415 g/mol. The van der Waals surface area contributed by atoms with Crippen LogP contribution in [0.3, 0.4) is 0 Å². The van der Waals surface area contributed by atoms with Crippen LogP contribution in [0.25, 0.3) is 0 Å². The first-order valence-electron chi connectivity index (χ1n) is 11.3. The highest BCUT2D eigenvalue weighted by atomic mass is 16.8. The first-order valence-corrected chi connectivity index (χ1v) is 11.3. The molecule has 4 aliphatic rings. The van der Waals surface area contributed by atoms with Gasteiger partial charge in [0.05, 0.1) is 37.1 Å². The van der Waals surface area contributed by atoms with Gasteiger partial charge < -0.3 is 14.2 Å². The third kappa shape index (κ3) is 3.24. The standard InChI is InChI=1S/C23H30N2O5/c1-2-28-21(26)16-11-13-24(14-12-16)15-25-18-8-4-3-7-17(18)23(22(25)27)29-19-9-5-6-10-20(19)30-23/h3-4,7-8,16,19-20H,2,5-6,9-15H2,1H3/t19-,20-/m1/s1. The molecule has 1 aromatic carbocycles. The molecule has 5 rings (SSSR count). The van der Waals surface area contributed by atoms with Crippen molar-refractivity contribution < 1.29 is 23.8 Å². The predicted octanol–water partition coefficient (Wildman–Crippen LogP) is 2.78. The zero-order valence-electron chi connectivity index (χ0n) is 17.5. The monoisotopic (exact) mass is 414 g/mol. The van der Waals surface area contributed by atoms with Crippen LogP contribution in [0.5, 0.6) is 0 Å². The van der Waals surface area contributed by atoms with Crippen LogP contribution in [-0.4, -0.2) is 55.3 Å². The highest BCUT2D eigenvalue weighted by molar-refractivity contribution is 6.06. The number of esters is 1. The number of para-hydroxylation sites is 1. The van der Waals surface area contributed by atoms with Crippen molar-refractivity contribution in [1.82, 2.24) is 4.90 Å². The minimum atomic E-state index is -1.29. The summed E-state index contributed by atoms with van der Waals surface area (Å²) in [6.45, 7) is 4.25. The molecular formula is C23H30N2O5. The van der Waals surface area contributed by atoms with Gasteiger partial charge in [-0.3, -0.25) is 19.4 Å². The molecule has 1 aromatic rings. The molecule has 7 heteroatoms. The molecule has 2 atom stereocenters. The van der Waals surface area contributed by atoms with Gasteiger partial charge in [-0.15, -0.1) is 0 Å². The summed E-state index contributed by atoms with van der Waals surface area (Å²) >= 11 is 0. The van der Waals surface area contributed by atoms with Crippen molar-refractivity contribution in [3.8, 4) is 0 Å². The fourth-order valence-electron chi connectivity index (χ4n) is 5.31. The number of rotatable bonds is 4. The lowest BCUT2D eigenvalue weighted by molar-refractivity contribution is -0.190. The van der Waals surface area contributed by atoms with Crippen molar-refractivity contribution in [2.75, 3.05) is 31.3 Å². The molecule has 30 heavy (non-hydrogen) atoms. The number of hydrogen-bond acceptors (Lipinski definition) is 6. The number of carbonyl (C=O) groups is 2. The van der Waals surface area contributed by atoms with Crippen molar-refractivity contribution in [2.24, 2.45) is 5.92 Å². The predicted molar refractivity (Wildman–Crippen MR) is 110 cm³/mol. The summed E-state index contributed by atoms with van der Waals surface area (Å²) in [6.07, 6.45) is 5.64. The van der Waals surface area contributed by atoms with Crippen LogP contribution in [0.15, 0.2) is 24.3 Å². The van der Waals surface area contributed by atoms with E-state index in [1.165, 1.54) is 0 Å². The van der Waals surface area contributed by atoms with E-state index in [2.05, 4.69) is 4.90 Å². The van der Waals surface area contributed by atoms with E-state index >= 15 is 0 Å². The molecule has 3 fully saturated rings. The second-order valence-corrected chi connectivity index (χ2v) is 8.75. The molecule has 1 saturated carbocycles. The Morgan fingerprint density at radius 3 is 2.43 bits per heavy atom. The zero-order valence-corrected chi connectivity index (χ0v) is 17.5. The highest BCUT2D eigenvalue weighted by Crippen LogP contribution is 2.51. The molecule has 3 heterocycles. The van der Waals surface area contributed by atoms with Crippen LogP contribution < -0.4 is 4.90 Å². The number of ether oxygens (including phenoxy) is 3. The van der Waals surface area contributed by atoms with Crippen molar-refractivity contribution in [3.05, 3.63) is 29.8 Å². The Hall–Kier alpha value is -1.96. The number of amides is 1. The maximum absolute atomic E-state index is 13.6. The Bertz CT molecular complexity index is 806. The van der Waals surface area contributed by atoms with Crippen LogP contribution in [0.4, 0.5) is 5.69 Å². The van der Waals surface area contributed by atoms with Gasteiger partial charge in [0.1, 0.15) is 0 Å². The van der Waals surface area contributed by atoms with Gasteiger partial charge in [-0.05, 0) is 38.7 Å². The second kappa shape index (κ2) is 7.94. The number of piperidine rings is 1. The van der Waals surface area contributed by atoms with Crippen LogP contribution in [0.2, 0.25) is 0 Å². The lowest BCUT2D eigenvalue weighted by atomic mass is 9.95. The van der Waals surface area contributed by atoms with E-state index in [-0.39, 0.29) is 30.0 Å². The number of likely N-dealkylation sites (tertiary alicyclic amines) is 1. The van der Waals surface area contributed by atoms with E-state index in [4.69, 9.17) is 14.2 Å². The van der Waals surface area contributed by atoms with E-state index in [1.54, 1.807) is 4.90 Å². The minimum absolute atomic E-state index is 0.00368. The quantitative estimate of drug-likeness (QED) is 0.706. The molecule has 1 aliphatic carbocycles. The lowest BCUT2D eigenvalue weighted by Crippen LogP contribution is -2.48. The molecule has 162 valence electrons. The topological polar surface area (TPSA) is 68.3 Å². The Labute approximate surface area is 177 Å². The van der Waals surface area contributed by atoms with Gasteiger partial charge in [-0.1, -0.05) is 31.0 Å². The maximum Gasteiger partial charge on any atom is 0.309 e. The third-order valence-electron chi connectivity index (χ3n) is 6.90. The average Bonchev–Trinajstić information content (AvgIpc) is 3.27. The minimum Gasteiger partial charge on any atom is -0.466 e. The van der Waals surface area contributed by atoms with Crippen molar-refractivity contribution >= 4 is 17.6 Å². The number of nitrogens with zero attached hydrogens (tertiary/aromatic N) is 2. The summed E-state index contributed by atoms with van der Waals surface area (Å²) in [5.74, 6) is -1.56. The number of hydrogen-bond donors (Lipinski definition) is 0. The first kappa shape index (κ1) is 20.0. The van der Waals surface area contributed by atoms with Gasteiger partial charge in [-0.2, -0.15) is 0 Å². The summed E-state index contributed by atoms with van der Waals surface area (Å²) < 4.78 is 17.9. The van der Waals surface area contributed by atoms with Crippen molar-refractivity contribution in [1.29, 1.82) is 0 Å². The summed E-state index contributed by atoms with van der Waals surface area (Å²) in [4.78, 5) is 29.7. The molecule has 0 bridgehead atoms. The molecule has 0 radical (unpaired) electrons. The molecular weight excluding hydrogens is 384 g/mol. The van der Waals surface area contributed by atoms with Crippen LogP contribution in [0.1, 0.15) is 51.0 Å². The van der Waals surface area contributed by atoms with E-state index in [0.29, 0.717) is 13.3 Å². The summed E-state index contributed by atoms with van der Waals surface area (Å²) in [5.41, 5.74) is 1.69. The van der Waals surface area contributed by atoms with Crippen molar-refractivity contribution in [2.45, 2.75) is 63.4 Å². The molecule has 3 aliphatic heterocycles. The Morgan fingerprint density at radius 1 is 1.10 bits per heavy atom. The fraction of sp³-hybridized carbons (Fsp3) is 0.652. The largest absolute Gasteiger partial charge is 0.466 e. The number of anilines is 1. The van der Waals surface area contributed by atoms with Gasteiger partial charge in [0.25, 0.3) is 11.7 Å². The zero-order chi connectivity index (χ0) is 20.7. The van der Waals surface area contributed by atoms with Gasteiger partial charge in [0.15, 0.2) is 0 Å². The lowest BCUT2D eigenvalue weighted by Gasteiger charge is -2.34. The van der Waals surface area contributed by atoms with Crippen molar-refractivity contribution in [3.63, 3.8) is 0 Å². The van der Waals surface area contributed by atoms with E-state index in [9.17, 15) is 9.59 Å². The molecule has 2 saturated heterocycles. The first-order chi connectivity index (χ1) is 14.6. The molecule has 1 spiro atoms. The second-order valence-electron chi connectivity index (χ2n) is 8.75. The third-order valence-corrected chi connectivity index (χ3v) is 6.90. The fourth-order valence-corrected chi connectivity index (χ4v) is 5.31. The molecule has 0 aromatic heterocycles. The van der Waals surface area contributed by atoms with E-state index in [0.717, 1.165) is 62.9 Å².